The molecular weight excluding hydrogens is 286 g/mol. The second-order valence-electron chi connectivity index (χ2n) is 5.76. The van der Waals surface area contributed by atoms with Gasteiger partial charge >= 0.3 is 0 Å². The van der Waals surface area contributed by atoms with E-state index in [4.69, 9.17) is 0 Å². The molecule has 21 heavy (non-hydrogen) atoms. The second-order valence-corrected chi connectivity index (χ2v) is 6.91. The van der Waals surface area contributed by atoms with Gasteiger partial charge in [0.1, 0.15) is 17.6 Å². The Balaban J connectivity index is 1.81. The fourth-order valence-corrected chi connectivity index (χ4v) is 4.05. The Bertz CT molecular complexity index is 557. The molecule has 3 heterocycles. The van der Waals surface area contributed by atoms with E-state index >= 15 is 0 Å². The number of hydrogen-bond acceptors (Lipinski definition) is 4. The van der Waals surface area contributed by atoms with Gasteiger partial charge in [-0.2, -0.15) is 0 Å². The predicted molar refractivity (Wildman–Crippen MR) is 81.0 cm³/mol. The Kier molecular flexibility index (Phi) is 3.97. The minimum absolute atomic E-state index is 0.0819. The van der Waals surface area contributed by atoms with Crippen LogP contribution in [0.25, 0.3) is 0 Å². The number of fused-ring (bicyclic) bond motifs is 1. The molecule has 0 saturated carbocycles. The molecule has 5 nitrogen and oxygen atoms in total. The van der Waals surface area contributed by atoms with Crippen LogP contribution in [0.5, 0.6) is 0 Å². The summed E-state index contributed by atoms with van der Waals surface area (Å²) in [6, 6.07) is -0.358. The maximum Gasteiger partial charge on any atom is 0.246 e. The Labute approximate surface area is 129 Å². The number of aryl methyl sites for hydroxylation is 1. The highest BCUT2D eigenvalue weighted by molar-refractivity contribution is 7.11. The summed E-state index contributed by atoms with van der Waals surface area (Å²) in [5.41, 5.74) is 0. The first kappa shape index (κ1) is 14.5. The summed E-state index contributed by atoms with van der Waals surface area (Å²) in [5, 5.41) is 0.928. The van der Waals surface area contributed by atoms with Crippen LogP contribution in [0.2, 0.25) is 0 Å². The molecule has 2 aliphatic rings. The summed E-state index contributed by atoms with van der Waals surface area (Å²) in [7, 11) is 0. The van der Waals surface area contributed by atoms with E-state index in [0.717, 1.165) is 37.2 Å². The molecule has 114 valence electrons. The van der Waals surface area contributed by atoms with Gasteiger partial charge in [0.15, 0.2) is 0 Å². The van der Waals surface area contributed by atoms with Crippen LogP contribution in [0.1, 0.15) is 49.0 Å². The Morgan fingerprint density at radius 1 is 1.43 bits per heavy atom. The number of carbonyl (C=O) groups excluding carboxylic acids is 2. The SMILES string of the molecule is CCc1cnc(C(C)N2CC(=O)N3CCCCC3C2=O)s1. The van der Waals surface area contributed by atoms with Gasteiger partial charge in [-0.25, -0.2) is 4.98 Å². The largest absolute Gasteiger partial charge is 0.329 e. The van der Waals surface area contributed by atoms with Crippen molar-refractivity contribution in [1.82, 2.24) is 14.8 Å². The third kappa shape index (κ3) is 2.57. The normalized spacial score (nSPS) is 24.2. The van der Waals surface area contributed by atoms with Crippen LogP contribution in [0, 0.1) is 0 Å². The fourth-order valence-electron chi connectivity index (χ4n) is 3.13. The number of piperidine rings is 1. The second kappa shape index (κ2) is 5.75. The van der Waals surface area contributed by atoms with Gasteiger partial charge in [0, 0.05) is 17.6 Å². The average Bonchev–Trinajstić information content (AvgIpc) is 2.99. The van der Waals surface area contributed by atoms with Crippen LogP contribution >= 0.6 is 11.3 Å². The molecule has 1 aromatic rings. The average molecular weight is 307 g/mol. The Morgan fingerprint density at radius 3 is 2.95 bits per heavy atom. The topological polar surface area (TPSA) is 53.5 Å². The van der Waals surface area contributed by atoms with Crippen molar-refractivity contribution in [2.24, 2.45) is 0 Å². The Morgan fingerprint density at radius 2 is 2.24 bits per heavy atom. The monoisotopic (exact) mass is 307 g/mol. The summed E-state index contributed by atoms with van der Waals surface area (Å²) in [4.78, 5) is 34.1. The molecule has 0 aromatic carbocycles. The van der Waals surface area contributed by atoms with E-state index < -0.39 is 0 Å². The molecular formula is C15H21N3O2S. The van der Waals surface area contributed by atoms with E-state index in [1.54, 1.807) is 21.1 Å². The van der Waals surface area contributed by atoms with Crippen LogP contribution in [-0.4, -0.2) is 45.7 Å². The van der Waals surface area contributed by atoms with E-state index in [1.165, 1.54) is 4.88 Å². The third-order valence-corrected chi connectivity index (χ3v) is 5.75. The van der Waals surface area contributed by atoms with E-state index in [1.807, 2.05) is 13.1 Å². The summed E-state index contributed by atoms with van der Waals surface area (Å²) in [6.07, 6.45) is 5.66. The van der Waals surface area contributed by atoms with Crippen LogP contribution in [-0.2, 0) is 16.0 Å². The number of amides is 2. The van der Waals surface area contributed by atoms with Crippen molar-refractivity contribution < 1.29 is 9.59 Å². The number of aromatic nitrogens is 1. The lowest BCUT2D eigenvalue weighted by molar-refractivity contribution is -0.159. The van der Waals surface area contributed by atoms with Gasteiger partial charge in [-0.15, -0.1) is 11.3 Å². The molecule has 3 rings (SSSR count). The van der Waals surface area contributed by atoms with Gasteiger partial charge in [0.2, 0.25) is 11.8 Å². The van der Waals surface area contributed by atoms with Gasteiger partial charge in [-0.05, 0) is 32.6 Å². The van der Waals surface area contributed by atoms with Gasteiger partial charge < -0.3 is 9.80 Å². The molecule has 1 aromatic heterocycles. The Hall–Kier alpha value is -1.43. The number of piperazine rings is 1. The smallest absolute Gasteiger partial charge is 0.246 e. The molecule has 0 N–H and O–H groups in total. The zero-order valence-electron chi connectivity index (χ0n) is 12.5. The predicted octanol–water partition coefficient (Wildman–Crippen LogP) is 1.99. The molecule has 2 aliphatic heterocycles. The highest BCUT2D eigenvalue weighted by Crippen LogP contribution is 2.31. The lowest BCUT2D eigenvalue weighted by Gasteiger charge is -2.44. The molecule has 6 heteroatoms. The van der Waals surface area contributed by atoms with Crippen LogP contribution in [0.4, 0.5) is 0 Å². The minimum Gasteiger partial charge on any atom is -0.329 e. The van der Waals surface area contributed by atoms with Crippen molar-refractivity contribution in [3.63, 3.8) is 0 Å². The van der Waals surface area contributed by atoms with Crippen molar-refractivity contribution in [3.05, 3.63) is 16.1 Å². The van der Waals surface area contributed by atoms with Crippen molar-refractivity contribution >= 4 is 23.2 Å². The van der Waals surface area contributed by atoms with Gasteiger partial charge in [0.05, 0.1) is 6.04 Å². The van der Waals surface area contributed by atoms with Crippen LogP contribution in [0.15, 0.2) is 6.20 Å². The molecule has 0 bridgehead atoms. The van der Waals surface area contributed by atoms with E-state index in [0.29, 0.717) is 0 Å². The van der Waals surface area contributed by atoms with Crippen LogP contribution in [0.3, 0.4) is 0 Å². The lowest BCUT2D eigenvalue weighted by atomic mass is 9.97. The number of rotatable bonds is 3. The van der Waals surface area contributed by atoms with Gasteiger partial charge in [-0.3, -0.25) is 9.59 Å². The van der Waals surface area contributed by atoms with E-state index in [-0.39, 0.29) is 30.4 Å². The zero-order chi connectivity index (χ0) is 15.0. The summed E-state index contributed by atoms with van der Waals surface area (Å²) >= 11 is 1.64. The van der Waals surface area contributed by atoms with Gasteiger partial charge in [-0.1, -0.05) is 6.92 Å². The molecule has 2 fully saturated rings. The first-order valence-corrected chi connectivity index (χ1v) is 8.48. The molecule has 2 unspecified atom stereocenters. The maximum atomic E-state index is 12.7. The summed E-state index contributed by atoms with van der Waals surface area (Å²) in [6.45, 7) is 4.99. The number of carbonyl (C=O) groups is 2. The van der Waals surface area contributed by atoms with Crippen LogP contribution < -0.4 is 0 Å². The number of thiazole rings is 1. The minimum atomic E-state index is -0.243. The lowest BCUT2D eigenvalue weighted by Crippen LogP contribution is -2.61. The molecule has 0 spiro atoms. The zero-order valence-corrected chi connectivity index (χ0v) is 13.4. The molecule has 2 saturated heterocycles. The van der Waals surface area contributed by atoms with Crippen molar-refractivity contribution in [3.8, 4) is 0 Å². The van der Waals surface area contributed by atoms with Crippen molar-refractivity contribution in [1.29, 1.82) is 0 Å². The first-order chi connectivity index (χ1) is 10.1. The fraction of sp³-hybridized carbons (Fsp3) is 0.667. The third-order valence-electron chi connectivity index (χ3n) is 4.44. The molecule has 0 radical (unpaired) electrons. The maximum absolute atomic E-state index is 12.7. The standard InChI is InChI=1S/C15H21N3O2S/c1-3-11-8-16-14(21-11)10(2)18-9-13(19)17-7-5-4-6-12(17)15(18)20/h8,10,12H,3-7,9H2,1-2H3. The molecule has 2 atom stereocenters. The van der Waals surface area contributed by atoms with E-state index in [9.17, 15) is 9.59 Å². The number of hydrogen-bond donors (Lipinski definition) is 0. The molecule has 0 aliphatic carbocycles. The quantitative estimate of drug-likeness (QED) is 0.858. The number of nitrogens with zero attached hydrogens (tertiary/aromatic N) is 3. The first-order valence-electron chi connectivity index (χ1n) is 7.66. The highest BCUT2D eigenvalue weighted by atomic mass is 32.1. The highest BCUT2D eigenvalue weighted by Gasteiger charge is 2.42. The van der Waals surface area contributed by atoms with Crippen molar-refractivity contribution in [2.75, 3.05) is 13.1 Å². The van der Waals surface area contributed by atoms with Gasteiger partial charge in [0.25, 0.3) is 0 Å². The van der Waals surface area contributed by atoms with E-state index in [2.05, 4.69) is 11.9 Å². The summed E-state index contributed by atoms with van der Waals surface area (Å²) in [5.74, 6) is 0.175. The summed E-state index contributed by atoms with van der Waals surface area (Å²) < 4.78 is 0. The van der Waals surface area contributed by atoms with Crippen molar-refractivity contribution in [2.45, 2.75) is 51.6 Å². The molecule has 2 amide bonds.